The predicted molar refractivity (Wildman–Crippen MR) is 90.8 cm³/mol. The van der Waals surface area contributed by atoms with Crippen molar-refractivity contribution in [2.75, 3.05) is 40.5 Å². The van der Waals surface area contributed by atoms with Crippen molar-refractivity contribution in [1.29, 1.82) is 0 Å². The van der Waals surface area contributed by atoms with E-state index in [1.165, 1.54) is 11.9 Å². The zero-order valence-electron chi connectivity index (χ0n) is 15.4. The zero-order chi connectivity index (χ0) is 19.4. The highest BCUT2D eigenvalue weighted by Gasteiger charge is 2.35. The first kappa shape index (κ1) is 19.6. The van der Waals surface area contributed by atoms with Gasteiger partial charge in [-0.25, -0.2) is 4.79 Å². The highest BCUT2D eigenvalue weighted by atomic mass is 16.5. The summed E-state index contributed by atoms with van der Waals surface area (Å²) in [5.41, 5.74) is 2.15. The Bertz CT molecular complexity index is 739. The molecule has 0 unspecified atom stereocenters. The zero-order valence-corrected chi connectivity index (χ0v) is 15.4. The molecule has 1 saturated heterocycles. The second kappa shape index (κ2) is 8.13. The number of imide groups is 1. The van der Waals surface area contributed by atoms with Crippen LogP contribution in [0.25, 0.3) is 0 Å². The van der Waals surface area contributed by atoms with Crippen molar-refractivity contribution in [2.24, 2.45) is 0 Å². The van der Waals surface area contributed by atoms with Gasteiger partial charge in [0.1, 0.15) is 13.1 Å². The van der Waals surface area contributed by atoms with Gasteiger partial charge in [-0.1, -0.05) is 0 Å². The molecule has 9 nitrogen and oxygen atoms in total. The number of ketones is 1. The summed E-state index contributed by atoms with van der Waals surface area (Å²) in [6.07, 6.45) is 0. The van der Waals surface area contributed by atoms with E-state index in [0.29, 0.717) is 18.7 Å². The summed E-state index contributed by atoms with van der Waals surface area (Å²) >= 11 is 0. The van der Waals surface area contributed by atoms with E-state index in [1.54, 1.807) is 13.2 Å². The molecule has 1 aromatic rings. The van der Waals surface area contributed by atoms with Crippen LogP contribution in [0, 0.1) is 13.8 Å². The molecule has 0 radical (unpaired) electrons. The number of carbonyl (C=O) groups excluding carboxylic acids is 4. The maximum atomic E-state index is 12.3. The molecule has 2 rings (SSSR count). The van der Waals surface area contributed by atoms with Crippen LogP contribution in [0.4, 0.5) is 4.79 Å². The van der Waals surface area contributed by atoms with Crippen molar-refractivity contribution in [2.45, 2.75) is 20.4 Å². The minimum atomic E-state index is -0.802. The van der Waals surface area contributed by atoms with E-state index >= 15 is 0 Å². The number of likely N-dealkylation sites (N-methyl/N-ethyl adjacent to an activating group) is 1. The Labute approximate surface area is 151 Å². The van der Waals surface area contributed by atoms with Gasteiger partial charge in [0, 0.05) is 37.7 Å². The van der Waals surface area contributed by atoms with Crippen LogP contribution >= 0.6 is 0 Å². The van der Waals surface area contributed by atoms with Crippen LogP contribution in [-0.2, 0) is 25.6 Å². The third-order valence-electron chi connectivity index (χ3n) is 4.28. The van der Waals surface area contributed by atoms with E-state index in [-0.39, 0.29) is 12.3 Å². The van der Waals surface area contributed by atoms with Crippen LogP contribution in [0.5, 0.6) is 0 Å². The number of methoxy groups -OCH3 is 1. The van der Waals surface area contributed by atoms with Crippen molar-refractivity contribution in [1.82, 2.24) is 14.4 Å². The van der Waals surface area contributed by atoms with E-state index < -0.39 is 31.1 Å². The number of esters is 1. The van der Waals surface area contributed by atoms with Crippen molar-refractivity contribution < 1.29 is 28.7 Å². The van der Waals surface area contributed by atoms with Gasteiger partial charge in [-0.3, -0.25) is 19.3 Å². The molecule has 0 atom stereocenters. The molecule has 142 valence electrons. The van der Waals surface area contributed by atoms with E-state index in [2.05, 4.69) is 0 Å². The van der Waals surface area contributed by atoms with Crippen molar-refractivity contribution in [3.63, 3.8) is 0 Å². The average Bonchev–Trinajstić information content (AvgIpc) is 3.01. The van der Waals surface area contributed by atoms with E-state index in [4.69, 9.17) is 9.47 Å². The highest BCUT2D eigenvalue weighted by molar-refractivity contribution is 6.04. The lowest BCUT2D eigenvalue weighted by molar-refractivity contribution is -0.145. The second-order valence-corrected chi connectivity index (χ2v) is 6.13. The van der Waals surface area contributed by atoms with Crippen LogP contribution in [0.3, 0.4) is 0 Å². The summed E-state index contributed by atoms with van der Waals surface area (Å²) < 4.78 is 12.0. The Morgan fingerprint density at radius 2 is 1.92 bits per heavy atom. The number of Topliss-reactive ketones (excluding diaryl/α,β-unsaturated/α-hetero) is 1. The Balaban J connectivity index is 1.93. The molecule has 0 bridgehead atoms. The van der Waals surface area contributed by atoms with Crippen molar-refractivity contribution in [3.05, 3.63) is 23.0 Å². The lowest BCUT2D eigenvalue weighted by Crippen LogP contribution is -2.37. The topological polar surface area (TPSA) is 98.2 Å². The summed E-state index contributed by atoms with van der Waals surface area (Å²) in [6.45, 7) is 3.82. The molecular formula is C17H23N3O6. The van der Waals surface area contributed by atoms with Gasteiger partial charge in [-0.05, 0) is 19.9 Å². The molecule has 1 aliphatic rings. The minimum absolute atomic E-state index is 0.0709. The Morgan fingerprint density at radius 1 is 1.23 bits per heavy atom. The number of ether oxygens (including phenoxy) is 2. The number of carbonyl (C=O) groups is 4. The molecule has 0 aromatic carbocycles. The first-order valence-electron chi connectivity index (χ1n) is 8.16. The molecule has 1 fully saturated rings. The van der Waals surface area contributed by atoms with Crippen LogP contribution < -0.4 is 0 Å². The average molecular weight is 365 g/mol. The van der Waals surface area contributed by atoms with Gasteiger partial charge in [-0.15, -0.1) is 0 Å². The quantitative estimate of drug-likeness (QED) is 0.375. The van der Waals surface area contributed by atoms with E-state index in [9.17, 15) is 19.2 Å². The number of aromatic nitrogens is 1. The molecule has 26 heavy (non-hydrogen) atoms. The Morgan fingerprint density at radius 3 is 2.50 bits per heavy atom. The fourth-order valence-corrected chi connectivity index (χ4v) is 2.83. The van der Waals surface area contributed by atoms with Gasteiger partial charge in [0.25, 0.3) is 5.91 Å². The largest absolute Gasteiger partial charge is 0.456 e. The number of hydrogen-bond acceptors (Lipinski definition) is 6. The summed E-state index contributed by atoms with van der Waals surface area (Å²) in [5, 5.41) is 0. The number of urea groups is 1. The fourth-order valence-electron chi connectivity index (χ4n) is 2.83. The number of aryl methyl sites for hydroxylation is 1. The molecule has 1 aromatic heterocycles. The van der Waals surface area contributed by atoms with Crippen LogP contribution in [-0.4, -0.2) is 78.5 Å². The molecule has 0 saturated carbocycles. The Kier molecular flexibility index (Phi) is 6.14. The van der Waals surface area contributed by atoms with Crippen molar-refractivity contribution in [3.8, 4) is 0 Å². The van der Waals surface area contributed by atoms with Crippen LogP contribution in [0.1, 0.15) is 21.7 Å². The third-order valence-corrected chi connectivity index (χ3v) is 4.28. The van der Waals surface area contributed by atoms with Crippen molar-refractivity contribution >= 4 is 23.7 Å². The van der Waals surface area contributed by atoms with E-state index in [0.717, 1.165) is 16.3 Å². The van der Waals surface area contributed by atoms with Gasteiger partial charge >= 0.3 is 12.0 Å². The second-order valence-electron chi connectivity index (χ2n) is 6.13. The fraction of sp³-hybridized carbons (Fsp3) is 0.529. The van der Waals surface area contributed by atoms with E-state index in [1.807, 2.05) is 18.4 Å². The SMILES string of the molecule is COCCn1c(C)cc(C(=O)COC(=O)CN2C(=O)CN(C)C2=O)c1C. The van der Waals surface area contributed by atoms with Gasteiger partial charge in [0.05, 0.1) is 6.61 Å². The smallest absolute Gasteiger partial charge is 0.327 e. The molecule has 0 aliphatic carbocycles. The van der Waals surface area contributed by atoms with Crippen LogP contribution in [0.15, 0.2) is 6.07 Å². The monoisotopic (exact) mass is 365 g/mol. The summed E-state index contributed by atoms with van der Waals surface area (Å²) in [7, 11) is 3.07. The molecule has 2 heterocycles. The van der Waals surface area contributed by atoms with Crippen LogP contribution in [0.2, 0.25) is 0 Å². The predicted octanol–water partition coefficient (Wildman–Crippen LogP) is 0.371. The number of hydrogen-bond donors (Lipinski definition) is 0. The summed E-state index contributed by atoms with van der Waals surface area (Å²) in [4.78, 5) is 49.6. The number of nitrogens with zero attached hydrogens (tertiary/aromatic N) is 3. The molecule has 3 amide bonds. The first-order valence-corrected chi connectivity index (χ1v) is 8.16. The van der Waals surface area contributed by atoms with Gasteiger partial charge in [0.2, 0.25) is 5.78 Å². The molecule has 0 N–H and O–H groups in total. The molecule has 0 spiro atoms. The number of rotatable bonds is 8. The summed E-state index contributed by atoms with van der Waals surface area (Å²) in [6, 6.07) is 1.18. The highest BCUT2D eigenvalue weighted by Crippen LogP contribution is 2.16. The standard InChI is InChI=1S/C17H23N3O6/c1-11-7-13(12(2)19(11)5-6-25-4)14(21)10-26-16(23)9-20-15(22)8-18(3)17(20)24/h7H,5-6,8-10H2,1-4H3. The van der Waals surface area contributed by atoms with Gasteiger partial charge in [-0.2, -0.15) is 0 Å². The molecule has 9 heteroatoms. The normalized spacial score (nSPS) is 14.3. The lowest BCUT2D eigenvalue weighted by Gasteiger charge is -2.13. The lowest BCUT2D eigenvalue weighted by atomic mass is 10.1. The number of amides is 3. The Hall–Kier alpha value is -2.68. The third kappa shape index (κ3) is 4.10. The minimum Gasteiger partial charge on any atom is -0.456 e. The van der Waals surface area contributed by atoms with Gasteiger partial charge < -0.3 is 18.9 Å². The first-order chi connectivity index (χ1) is 12.3. The maximum Gasteiger partial charge on any atom is 0.327 e. The molecular weight excluding hydrogens is 342 g/mol. The summed E-state index contributed by atoms with van der Waals surface area (Å²) in [5.74, 6) is -1.61. The molecule has 1 aliphatic heterocycles. The maximum absolute atomic E-state index is 12.3. The van der Waals surface area contributed by atoms with Gasteiger partial charge in [0.15, 0.2) is 6.61 Å².